The zero-order chi connectivity index (χ0) is 19.5. The lowest BCUT2D eigenvalue weighted by atomic mass is 10.1. The standard InChI is InChI=1S/C20H15Cl2N5O/c21-16-6-5-14(10-17(16)22)18-11-19(26-25-18)20(28)24-15-4-1-3-13(9-15)12-27-8-2-7-23-27/h1-11H,12H2,(H,24,28)(H,25,26). The molecule has 0 aliphatic rings. The number of amides is 1. The molecule has 28 heavy (non-hydrogen) atoms. The number of anilines is 1. The van der Waals surface area contributed by atoms with Crippen molar-refractivity contribution in [2.45, 2.75) is 6.54 Å². The zero-order valence-corrected chi connectivity index (χ0v) is 16.1. The van der Waals surface area contributed by atoms with E-state index in [1.165, 1.54) is 0 Å². The van der Waals surface area contributed by atoms with Gasteiger partial charge in [0.05, 0.1) is 22.3 Å². The quantitative estimate of drug-likeness (QED) is 0.491. The molecule has 0 aliphatic carbocycles. The molecule has 4 aromatic rings. The maximum atomic E-state index is 12.6. The van der Waals surface area contributed by atoms with E-state index < -0.39 is 0 Å². The molecular weight excluding hydrogens is 397 g/mol. The summed E-state index contributed by atoms with van der Waals surface area (Å²) in [5.74, 6) is -0.282. The van der Waals surface area contributed by atoms with Gasteiger partial charge in [-0.1, -0.05) is 41.4 Å². The topological polar surface area (TPSA) is 75.6 Å². The van der Waals surface area contributed by atoms with Gasteiger partial charge in [-0.2, -0.15) is 10.2 Å². The molecule has 0 atom stereocenters. The molecule has 0 unspecified atom stereocenters. The number of hydrogen-bond acceptors (Lipinski definition) is 3. The van der Waals surface area contributed by atoms with Gasteiger partial charge in [0.2, 0.25) is 0 Å². The van der Waals surface area contributed by atoms with Crippen LogP contribution in [0.5, 0.6) is 0 Å². The van der Waals surface area contributed by atoms with Crippen molar-refractivity contribution >= 4 is 34.8 Å². The summed E-state index contributed by atoms with van der Waals surface area (Å²) in [6.45, 7) is 0.627. The SMILES string of the molecule is O=C(Nc1cccc(Cn2cccn2)c1)c1cc(-c2ccc(Cl)c(Cl)c2)n[nH]1. The Morgan fingerprint density at radius 3 is 2.75 bits per heavy atom. The minimum atomic E-state index is -0.282. The molecule has 2 aromatic carbocycles. The molecule has 1 amide bonds. The number of nitrogens with one attached hydrogen (secondary N) is 2. The summed E-state index contributed by atoms with van der Waals surface area (Å²) in [5.41, 5.74) is 3.45. The Hall–Kier alpha value is -3.09. The first-order chi connectivity index (χ1) is 13.6. The first-order valence-corrected chi connectivity index (χ1v) is 9.22. The Labute approximate surface area is 171 Å². The molecule has 2 N–H and O–H groups in total. The second-order valence-electron chi connectivity index (χ2n) is 6.15. The molecule has 0 bridgehead atoms. The van der Waals surface area contributed by atoms with Gasteiger partial charge in [0.1, 0.15) is 5.69 Å². The van der Waals surface area contributed by atoms with Crippen LogP contribution < -0.4 is 5.32 Å². The summed E-state index contributed by atoms with van der Waals surface area (Å²) in [5, 5.41) is 14.9. The smallest absolute Gasteiger partial charge is 0.273 e. The minimum Gasteiger partial charge on any atom is -0.321 e. The van der Waals surface area contributed by atoms with Gasteiger partial charge < -0.3 is 5.32 Å². The number of nitrogens with zero attached hydrogens (tertiary/aromatic N) is 3. The van der Waals surface area contributed by atoms with E-state index in [-0.39, 0.29) is 5.91 Å². The number of H-pyrrole nitrogens is 1. The van der Waals surface area contributed by atoms with E-state index >= 15 is 0 Å². The second kappa shape index (κ2) is 7.88. The highest BCUT2D eigenvalue weighted by atomic mass is 35.5. The molecule has 0 radical (unpaired) electrons. The summed E-state index contributed by atoms with van der Waals surface area (Å²) in [4.78, 5) is 12.6. The monoisotopic (exact) mass is 411 g/mol. The Kier molecular flexibility index (Phi) is 5.14. The van der Waals surface area contributed by atoms with Gasteiger partial charge in [-0.3, -0.25) is 14.6 Å². The Morgan fingerprint density at radius 2 is 1.96 bits per heavy atom. The van der Waals surface area contributed by atoms with Gasteiger partial charge in [0.25, 0.3) is 5.91 Å². The predicted molar refractivity (Wildman–Crippen MR) is 110 cm³/mol. The summed E-state index contributed by atoms with van der Waals surface area (Å²) in [6.07, 6.45) is 3.62. The van der Waals surface area contributed by atoms with Crippen LogP contribution in [0.15, 0.2) is 67.0 Å². The highest BCUT2D eigenvalue weighted by molar-refractivity contribution is 6.42. The normalized spacial score (nSPS) is 10.8. The van der Waals surface area contributed by atoms with Crippen LogP contribution in [0.2, 0.25) is 10.0 Å². The van der Waals surface area contributed by atoms with Gasteiger partial charge in [0.15, 0.2) is 0 Å². The van der Waals surface area contributed by atoms with Crippen LogP contribution in [-0.4, -0.2) is 25.9 Å². The molecule has 0 aliphatic heterocycles. The first kappa shape index (κ1) is 18.3. The molecule has 2 heterocycles. The molecule has 0 saturated heterocycles. The van der Waals surface area contributed by atoms with E-state index in [1.807, 2.05) is 41.2 Å². The van der Waals surface area contributed by atoms with Crippen LogP contribution in [0.25, 0.3) is 11.3 Å². The van der Waals surface area contributed by atoms with Crippen LogP contribution in [0, 0.1) is 0 Å². The number of rotatable bonds is 5. The predicted octanol–water partition coefficient (Wildman–Crippen LogP) is 4.88. The molecular formula is C20H15Cl2N5O. The number of benzene rings is 2. The summed E-state index contributed by atoms with van der Waals surface area (Å²) in [6, 6.07) is 16.4. The van der Waals surface area contributed by atoms with Crippen molar-refractivity contribution in [2.75, 3.05) is 5.32 Å². The Bertz CT molecular complexity index is 1120. The van der Waals surface area contributed by atoms with Gasteiger partial charge in [0, 0.05) is 23.6 Å². The average molecular weight is 412 g/mol. The largest absolute Gasteiger partial charge is 0.321 e. The fraction of sp³-hybridized carbons (Fsp3) is 0.0500. The van der Waals surface area contributed by atoms with Gasteiger partial charge in [-0.25, -0.2) is 0 Å². The van der Waals surface area contributed by atoms with Crippen LogP contribution in [0.3, 0.4) is 0 Å². The molecule has 0 spiro atoms. The third kappa shape index (κ3) is 4.08. The van der Waals surface area contributed by atoms with Crippen LogP contribution in [0.4, 0.5) is 5.69 Å². The maximum absolute atomic E-state index is 12.6. The highest BCUT2D eigenvalue weighted by Crippen LogP contribution is 2.28. The molecule has 0 saturated carbocycles. The van der Waals surface area contributed by atoms with Crippen molar-refractivity contribution in [3.63, 3.8) is 0 Å². The number of hydrogen-bond donors (Lipinski definition) is 2. The van der Waals surface area contributed by atoms with Crippen LogP contribution in [0.1, 0.15) is 16.1 Å². The molecule has 6 nitrogen and oxygen atoms in total. The third-order valence-corrected chi connectivity index (χ3v) is 4.87. The number of aromatic amines is 1. The van der Waals surface area contributed by atoms with Crippen molar-refractivity contribution in [3.8, 4) is 11.3 Å². The van der Waals surface area contributed by atoms with Crippen molar-refractivity contribution < 1.29 is 4.79 Å². The lowest BCUT2D eigenvalue weighted by Crippen LogP contribution is -2.12. The molecule has 2 aromatic heterocycles. The van der Waals surface area contributed by atoms with E-state index in [4.69, 9.17) is 23.2 Å². The van der Waals surface area contributed by atoms with Gasteiger partial charge >= 0.3 is 0 Å². The molecule has 0 fully saturated rings. The summed E-state index contributed by atoms with van der Waals surface area (Å²) in [7, 11) is 0. The number of carbonyl (C=O) groups is 1. The first-order valence-electron chi connectivity index (χ1n) is 8.47. The Balaban J connectivity index is 1.48. The third-order valence-electron chi connectivity index (χ3n) is 4.13. The van der Waals surface area contributed by atoms with E-state index in [1.54, 1.807) is 30.5 Å². The fourth-order valence-electron chi connectivity index (χ4n) is 2.77. The van der Waals surface area contributed by atoms with E-state index in [0.717, 1.165) is 11.1 Å². The van der Waals surface area contributed by atoms with Crippen molar-refractivity contribution in [1.82, 2.24) is 20.0 Å². The van der Waals surface area contributed by atoms with E-state index in [2.05, 4.69) is 20.6 Å². The van der Waals surface area contributed by atoms with Crippen molar-refractivity contribution in [1.29, 1.82) is 0 Å². The minimum absolute atomic E-state index is 0.282. The zero-order valence-electron chi connectivity index (χ0n) is 14.6. The van der Waals surface area contributed by atoms with E-state index in [9.17, 15) is 4.79 Å². The Morgan fingerprint density at radius 1 is 1.07 bits per heavy atom. The van der Waals surface area contributed by atoms with Crippen LogP contribution >= 0.6 is 23.2 Å². The number of aromatic nitrogens is 4. The molecule has 8 heteroatoms. The average Bonchev–Trinajstić information content (AvgIpc) is 3.36. The maximum Gasteiger partial charge on any atom is 0.273 e. The number of carbonyl (C=O) groups excluding carboxylic acids is 1. The summed E-state index contributed by atoms with van der Waals surface area (Å²) >= 11 is 12.0. The van der Waals surface area contributed by atoms with Gasteiger partial charge in [-0.15, -0.1) is 0 Å². The van der Waals surface area contributed by atoms with Crippen molar-refractivity contribution in [2.24, 2.45) is 0 Å². The molecule has 4 rings (SSSR count). The lowest BCUT2D eigenvalue weighted by Gasteiger charge is -2.07. The fourth-order valence-corrected chi connectivity index (χ4v) is 3.07. The summed E-state index contributed by atoms with van der Waals surface area (Å²) < 4.78 is 1.82. The van der Waals surface area contributed by atoms with Crippen LogP contribution in [-0.2, 0) is 6.54 Å². The van der Waals surface area contributed by atoms with Crippen molar-refractivity contribution in [3.05, 3.63) is 88.3 Å². The van der Waals surface area contributed by atoms with E-state index in [0.29, 0.717) is 33.7 Å². The lowest BCUT2D eigenvalue weighted by molar-refractivity contribution is 0.102. The highest BCUT2D eigenvalue weighted by Gasteiger charge is 2.12. The second-order valence-corrected chi connectivity index (χ2v) is 6.97. The molecule has 140 valence electrons. The van der Waals surface area contributed by atoms with Gasteiger partial charge in [-0.05, 0) is 42.0 Å². The number of halogens is 2.